The Bertz CT molecular complexity index is 1130. The average Bonchev–Trinajstić information content (AvgIpc) is 2.76. The highest BCUT2D eigenvalue weighted by molar-refractivity contribution is 9.10. The number of halogens is 2. The first-order chi connectivity index (χ1) is 14.6. The maximum absolute atomic E-state index is 13.2. The zero-order chi connectivity index (χ0) is 21.1. The number of hydrogen-bond acceptors (Lipinski definition) is 4. The van der Waals surface area contributed by atoms with E-state index in [0.29, 0.717) is 22.8 Å². The van der Waals surface area contributed by atoms with Gasteiger partial charge in [0, 0.05) is 5.92 Å². The molecule has 5 nitrogen and oxygen atoms in total. The number of nitrogens with zero attached hydrogens (tertiary/aromatic N) is 3. The maximum atomic E-state index is 13.2. The molecule has 1 aliphatic rings. The summed E-state index contributed by atoms with van der Waals surface area (Å²) in [6.07, 6.45) is 7.24. The lowest BCUT2D eigenvalue weighted by Crippen LogP contribution is -2.25. The van der Waals surface area contributed by atoms with Gasteiger partial charge in [0.25, 0.3) is 5.56 Å². The van der Waals surface area contributed by atoms with Crippen molar-refractivity contribution in [1.82, 2.24) is 9.66 Å². The number of aromatic nitrogens is 2. The minimum Gasteiger partial charge on any atom is -0.491 e. The van der Waals surface area contributed by atoms with Crippen LogP contribution in [0.4, 0.5) is 0 Å². The maximum Gasteiger partial charge on any atom is 0.282 e. The third-order valence-corrected chi connectivity index (χ3v) is 6.25. The molecule has 0 amide bonds. The summed E-state index contributed by atoms with van der Waals surface area (Å²) in [6.45, 7) is 2.43. The Kier molecular flexibility index (Phi) is 6.54. The molecule has 30 heavy (non-hydrogen) atoms. The number of rotatable bonds is 5. The molecule has 7 heteroatoms. The van der Waals surface area contributed by atoms with Crippen LogP contribution in [0, 0.1) is 0 Å². The molecule has 1 saturated carbocycles. The first kappa shape index (κ1) is 21.1. The highest BCUT2D eigenvalue weighted by Crippen LogP contribution is 2.34. The Labute approximate surface area is 188 Å². The van der Waals surface area contributed by atoms with Crippen LogP contribution in [0.1, 0.15) is 56.3 Å². The SMILES string of the molecule is CCOc1c(Cl)cc(C=Nn2c(C3CCCCC3)nc3ccccc3c2=O)cc1Br. The van der Waals surface area contributed by atoms with Crippen molar-refractivity contribution in [2.24, 2.45) is 5.10 Å². The second-order valence-electron chi connectivity index (χ2n) is 7.43. The van der Waals surface area contributed by atoms with Crippen LogP contribution >= 0.6 is 27.5 Å². The van der Waals surface area contributed by atoms with Crippen molar-refractivity contribution >= 4 is 44.6 Å². The van der Waals surface area contributed by atoms with E-state index < -0.39 is 0 Å². The van der Waals surface area contributed by atoms with E-state index in [2.05, 4.69) is 21.0 Å². The summed E-state index contributed by atoms with van der Waals surface area (Å²) in [7, 11) is 0. The van der Waals surface area contributed by atoms with Crippen molar-refractivity contribution in [2.45, 2.75) is 44.9 Å². The summed E-state index contributed by atoms with van der Waals surface area (Å²) in [5.74, 6) is 1.58. The van der Waals surface area contributed by atoms with E-state index in [1.54, 1.807) is 18.3 Å². The molecule has 1 heterocycles. The number of fused-ring (bicyclic) bond motifs is 1. The minimum atomic E-state index is -0.145. The molecule has 3 aromatic rings. The van der Waals surface area contributed by atoms with Gasteiger partial charge in [-0.05, 0) is 65.5 Å². The summed E-state index contributed by atoms with van der Waals surface area (Å²) >= 11 is 9.86. The van der Waals surface area contributed by atoms with Gasteiger partial charge in [0.2, 0.25) is 0 Å². The van der Waals surface area contributed by atoms with Crippen LogP contribution in [0.25, 0.3) is 10.9 Å². The van der Waals surface area contributed by atoms with Gasteiger partial charge < -0.3 is 4.74 Å². The van der Waals surface area contributed by atoms with Crippen molar-refractivity contribution in [3.8, 4) is 5.75 Å². The van der Waals surface area contributed by atoms with Crippen LogP contribution in [0.3, 0.4) is 0 Å². The molecule has 0 N–H and O–H groups in total. The van der Waals surface area contributed by atoms with Crippen molar-refractivity contribution in [3.05, 3.63) is 67.6 Å². The molecule has 4 rings (SSSR count). The van der Waals surface area contributed by atoms with Crippen molar-refractivity contribution < 1.29 is 4.74 Å². The average molecular weight is 489 g/mol. The Hall–Kier alpha value is -2.18. The molecule has 1 aromatic heterocycles. The van der Waals surface area contributed by atoms with Gasteiger partial charge in [-0.15, -0.1) is 0 Å². The fraction of sp³-hybridized carbons (Fsp3) is 0.348. The van der Waals surface area contributed by atoms with E-state index in [4.69, 9.17) is 21.3 Å². The summed E-state index contributed by atoms with van der Waals surface area (Å²) in [5, 5.41) is 5.62. The lowest BCUT2D eigenvalue weighted by atomic mass is 9.88. The Morgan fingerprint density at radius 1 is 1.27 bits per heavy atom. The van der Waals surface area contributed by atoms with Crippen LogP contribution in [-0.2, 0) is 0 Å². The highest BCUT2D eigenvalue weighted by Gasteiger charge is 2.22. The largest absolute Gasteiger partial charge is 0.491 e. The highest BCUT2D eigenvalue weighted by atomic mass is 79.9. The monoisotopic (exact) mass is 487 g/mol. The number of para-hydroxylation sites is 1. The molecule has 0 unspecified atom stereocenters. The second-order valence-corrected chi connectivity index (χ2v) is 8.69. The summed E-state index contributed by atoms with van der Waals surface area (Å²) < 4.78 is 7.78. The van der Waals surface area contributed by atoms with Crippen LogP contribution in [-0.4, -0.2) is 22.5 Å². The predicted molar refractivity (Wildman–Crippen MR) is 125 cm³/mol. The third-order valence-electron chi connectivity index (χ3n) is 5.38. The molecular weight excluding hydrogens is 466 g/mol. The van der Waals surface area contributed by atoms with Crippen molar-refractivity contribution in [3.63, 3.8) is 0 Å². The van der Waals surface area contributed by atoms with Gasteiger partial charge in [0.15, 0.2) is 5.75 Å². The van der Waals surface area contributed by atoms with Gasteiger partial charge in [0.05, 0.1) is 33.2 Å². The fourth-order valence-corrected chi connectivity index (χ4v) is 4.93. The van der Waals surface area contributed by atoms with Gasteiger partial charge in [-0.1, -0.05) is 43.0 Å². The summed E-state index contributed by atoms with van der Waals surface area (Å²) in [6, 6.07) is 11.1. The smallest absolute Gasteiger partial charge is 0.282 e. The number of ether oxygens (including phenoxy) is 1. The van der Waals surface area contributed by atoms with Crippen LogP contribution in [0.5, 0.6) is 5.75 Å². The first-order valence-corrected chi connectivity index (χ1v) is 11.4. The fourth-order valence-electron chi connectivity index (χ4n) is 3.94. The molecule has 1 aliphatic carbocycles. The molecule has 2 aromatic carbocycles. The third kappa shape index (κ3) is 4.30. The Balaban J connectivity index is 1.79. The van der Waals surface area contributed by atoms with Gasteiger partial charge in [-0.25, -0.2) is 4.98 Å². The molecule has 0 aliphatic heterocycles. The zero-order valence-electron chi connectivity index (χ0n) is 16.8. The minimum absolute atomic E-state index is 0.145. The normalized spacial score (nSPS) is 15.2. The topological polar surface area (TPSA) is 56.5 Å². The van der Waals surface area contributed by atoms with E-state index in [-0.39, 0.29) is 11.5 Å². The number of hydrogen-bond donors (Lipinski definition) is 0. The molecule has 156 valence electrons. The predicted octanol–water partition coefficient (Wildman–Crippen LogP) is 6.14. The Morgan fingerprint density at radius 2 is 2.03 bits per heavy atom. The van der Waals surface area contributed by atoms with Gasteiger partial charge >= 0.3 is 0 Å². The van der Waals surface area contributed by atoms with Crippen LogP contribution in [0.2, 0.25) is 5.02 Å². The zero-order valence-corrected chi connectivity index (χ0v) is 19.1. The van der Waals surface area contributed by atoms with E-state index >= 15 is 0 Å². The van der Waals surface area contributed by atoms with E-state index in [1.165, 1.54) is 11.1 Å². The summed E-state index contributed by atoms with van der Waals surface area (Å²) in [4.78, 5) is 18.1. The van der Waals surface area contributed by atoms with Crippen molar-refractivity contribution in [1.29, 1.82) is 0 Å². The molecule has 0 radical (unpaired) electrons. The number of benzene rings is 2. The summed E-state index contributed by atoms with van der Waals surface area (Å²) in [5.41, 5.74) is 1.35. The van der Waals surface area contributed by atoms with E-state index in [0.717, 1.165) is 47.1 Å². The lowest BCUT2D eigenvalue weighted by molar-refractivity contribution is 0.338. The molecule has 1 fully saturated rings. The molecular formula is C23H23BrClN3O2. The van der Waals surface area contributed by atoms with E-state index in [9.17, 15) is 4.79 Å². The second kappa shape index (κ2) is 9.31. The van der Waals surface area contributed by atoms with Gasteiger partial charge in [-0.3, -0.25) is 4.79 Å². The molecule has 0 spiro atoms. The Morgan fingerprint density at radius 3 is 2.77 bits per heavy atom. The van der Waals surface area contributed by atoms with Crippen LogP contribution < -0.4 is 10.3 Å². The van der Waals surface area contributed by atoms with E-state index in [1.807, 2.05) is 31.2 Å². The standard InChI is InChI=1S/C23H23BrClN3O2/c1-2-30-21-18(24)12-15(13-19(21)25)14-26-28-22(16-8-4-3-5-9-16)27-20-11-7-6-10-17(20)23(28)29/h6-7,10-14,16H,2-5,8-9H2,1H3. The lowest BCUT2D eigenvalue weighted by Gasteiger charge is -2.22. The first-order valence-electron chi connectivity index (χ1n) is 10.3. The van der Waals surface area contributed by atoms with Crippen molar-refractivity contribution in [2.75, 3.05) is 6.61 Å². The molecule has 0 bridgehead atoms. The van der Waals surface area contributed by atoms with Gasteiger partial charge in [0.1, 0.15) is 5.82 Å². The quantitative estimate of drug-likeness (QED) is 0.405. The molecule has 0 saturated heterocycles. The van der Waals surface area contributed by atoms with Crippen LogP contribution in [0.15, 0.2) is 50.8 Å². The molecule has 0 atom stereocenters. The van der Waals surface area contributed by atoms with Gasteiger partial charge in [-0.2, -0.15) is 9.78 Å².